The van der Waals surface area contributed by atoms with Crippen LogP contribution < -0.4 is 5.32 Å². The Kier molecular flexibility index (Phi) is 6.72. The Labute approximate surface area is 176 Å². The lowest BCUT2D eigenvalue weighted by Gasteiger charge is -2.24. The van der Waals surface area contributed by atoms with Gasteiger partial charge >= 0.3 is 0 Å². The summed E-state index contributed by atoms with van der Waals surface area (Å²) in [4.78, 5) is 16.4. The second-order valence-corrected chi connectivity index (χ2v) is 8.38. The van der Waals surface area contributed by atoms with Crippen LogP contribution in [0.4, 0.5) is 5.69 Å². The zero-order valence-corrected chi connectivity index (χ0v) is 17.2. The quantitative estimate of drug-likeness (QED) is 0.570. The molecule has 0 aliphatic carbocycles. The fourth-order valence-electron chi connectivity index (χ4n) is 3.74. The average molecular weight is 407 g/mol. The molecular formula is C24H26N2O2S. The molecule has 1 N–H and O–H groups in total. The Balaban J connectivity index is 1.45. The van der Waals surface area contributed by atoms with Gasteiger partial charge < -0.3 is 10.1 Å². The molecule has 29 heavy (non-hydrogen) atoms. The largest absolute Gasteiger partial charge is 0.377 e. The molecular weight excluding hydrogens is 380 g/mol. The molecule has 1 aliphatic heterocycles. The van der Waals surface area contributed by atoms with E-state index in [1.165, 1.54) is 4.88 Å². The monoisotopic (exact) mass is 406 g/mol. The van der Waals surface area contributed by atoms with Gasteiger partial charge in [0, 0.05) is 35.8 Å². The van der Waals surface area contributed by atoms with Crippen molar-refractivity contribution in [2.24, 2.45) is 0 Å². The number of benzene rings is 2. The van der Waals surface area contributed by atoms with E-state index in [4.69, 9.17) is 4.74 Å². The van der Waals surface area contributed by atoms with Gasteiger partial charge in [0.05, 0.1) is 12.6 Å². The van der Waals surface area contributed by atoms with Gasteiger partial charge in [-0.3, -0.25) is 9.69 Å². The van der Waals surface area contributed by atoms with Crippen molar-refractivity contribution in [3.63, 3.8) is 0 Å². The first-order valence-electron chi connectivity index (χ1n) is 10.1. The van der Waals surface area contributed by atoms with E-state index in [-0.39, 0.29) is 12.0 Å². The van der Waals surface area contributed by atoms with Gasteiger partial charge in [0.1, 0.15) is 0 Å². The van der Waals surface area contributed by atoms with Crippen LogP contribution in [0, 0.1) is 0 Å². The number of hydrogen-bond acceptors (Lipinski definition) is 4. The van der Waals surface area contributed by atoms with Crippen molar-refractivity contribution < 1.29 is 9.53 Å². The fourth-order valence-corrected chi connectivity index (χ4v) is 4.48. The highest BCUT2D eigenvalue weighted by Gasteiger charge is 2.21. The summed E-state index contributed by atoms with van der Waals surface area (Å²) in [5.74, 6) is 0.00272. The highest BCUT2D eigenvalue weighted by Crippen LogP contribution is 2.27. The molecule has 0 saturated carbocycles. The third kappa shape index (κ3) is 5.54. The molecule has 1 amide bonds. The lowest BCUT2D eigenvalue weighted by molar-refractivity contribution is -0.117. The second-order valence-electron chi connectivity index (χ2n) is 7.34. The summed E-state index contributed by atoms with van der Waals surface area (Å²) in [6, 6.07) is 22.3. The third-order valence-corrected chi connectivity index (χ3v) is 5.96. The molecule has 3 aromatic rings. The van der Waals surface area contributed by atoms with Crippen LogP contribution in [0.2, 0.25) is 0 Å². The maximum atomic E-state index is 12.9. The van der Waals surface area contributed by atoms with Crippen molar-refractivity contribution in [2.75, 3.05) is 25.0 Å². The van der Waals surface area contributed by atoms with Crippen LogP contribution in [0.15, 0.2) is 72.1 Å². The number of para-hydroxylation sites is 1. The Hall–Kier alpha value is -2.47. The molecule has 0 bridgehead atoms. The number of thiophene rings is 1. The van der Waals surface area contributed by atoms with Gasteiger partial charge in [0.15, 0.2) is 0 Å². The minimum atomic E-state index is 0.00272. The molecule has 0 spiro atoms. The summed E-state index contributed by atoms with van der Waals surface area (Å²) < 4.78 is 5.81. The third-order valence-electron chi connectivity index (χ3n) is 5.10. The summed E-state index contributed by atoms with van der Waals surface area (Å²) in [7, 11) is 0. The molecule has 1 aromatic heterocycles. The van der Waals surface area contributed by atoms with Gasteiger partial charge in [-0.05, 0) is 35.9 Å². The van der Waals surface area contributed by atoms with E-state index >= 15 is 0 Å². The number of carbonyl (C=O) groups is 1. The number of nitrogens with one attached hydrogen (secondary N) is 1. The molecule has 1 aliphatic rings. The second kappa shape index (κ2) is 9.83. The van der Waals surface area contributed by atoms with Crippen LogP contribution >= 0.6 is 11.3 Å². The minimum Gasteiger partial charge on any atom is -0.377 e. The van der Waals surface area contributed by atoms with Crippen molar-refractivity contribution in [2.45, 2.75) is 25.5 Å². The summed E-state index contributed by atoms with van der Waals surface area (Å²) >= 11 is 1.73. The molecule has 0 unspecified atom stereocenters. The van der Waals surface area contributed by atoms with Crippen molar-refractivity contribution >= 4 is 22.9 Å². The van der Waals surface area contributed by atoms with Crippen molar-refractivity contribution in [1.82, 2.24) is 4.90 Å². The smallest absolute Gasteiger partial charge is 0.238 e. The molecule has 2 heterocycles. The first-order valence-corrected chi connectivity index (χ1v) is 11.0. The SMILES string of the molecule is O=C(CN(Cc1cccs1)C[C@@H]1CCCO1)Nc1ccccc1-c1ccccc1. The van der Waals surface area contributed by atoms with Crippen LogP contribution in [0.25, 0.3) is 11.1 Å². The molecule has 4 nitrogen and oxygen atoms in total. The minimum absolute atomic E-state index is 0.00272. The predicted molar refractivity (Wildman–Crippen MR) is 119 cm³/mol. The first-order chi connectivity index (χ1) is 14.3. The Morgan fingerprint density at radius 3 is 2.66 bits per heavy atom. The van der Waals surface area contributed by atoms with Gasteiger partial charge in [0.25, 0.3) is 0 Å². The molecule has 150 valence electrons. The van der Waals surface area contributed by atoms with Crippen LogP contribution in [0.3, 0.4) is 0 Å². The number of nitrogens with zero attached hydrogens (tertiary/aromatic N) is 1. The summed E-state index contributed by atoms with van der Waals surface area (Å²) in [6.45, 7) is 2.73. The average Bonchev–Trinajstić information content (AvgIpc) is 3.43. The lowest BCUT2D eigenvalue weighted by Crippen LogP contribution is -2.37. The Morgan fingerprint density at radius 1 is 1.07 bits per heavy atom. The highest BCUT2D eigenvalue weighted by molar-refractivity contribution is 7.09. The molecule has 1 atom stereocenters. The van der Waals surface area contributed by atoms with Crippen molar-refractivity contribution in [1.29, 1.82) is 0 Å². The summed E-state index contributed by atoms with van der Waals surface area (Å²) in [5, 5.41) is 5.21. The first kappa shape index (κ1) is 19.8. The zero-order valence-electron chi connectivity index (χ0n) is 16.4. The number of amides is 1. The number of anilines is 1. The predicted octanol–water partition coefficient (Wildman–Crippen LogP) is 5.03. The van der Waals surface area contributed by atoms with E-state index in [1.54, 1.807) is 11.3 Å². The zero-order chi connectivity index (χ0) is 19.9. The normalized spacial score (nSPS) is 16.2. The maximum absolute atomic E-state index is 12.9. The van der Waals surface area contributed by atoms with Crippen LogP contribution in [0.1, 0.15) is 17.7 Å². The van der Waals surface area contributed by atoms with Gasteiger partial charge in [-0.15, -0.1) is 11.3 Å². The van der Waals surface area contributed by atoms with Crippen LogP contribution in [-0.4, -0.2) is 36.6 Å². The Morgan fingerprint density at radius 2 is 1.90 bits per heavy atom. The van der Waals surface area contributed by atoms with Crippen LogP contribution in [-0.2, 0) is 16.1 Å². The van der Waals surface area contributed by atoms with E-state index in [2.05, 4.69) is 39.9 Å². The van der Waals surface area contributed by atoms with Crippen LogP contribution in [0.5, 0.6) is 0 Å². The molecule has 0 radical (unpaired) electrons. The molecule has 1 fully saturated rings. The number of ether oxygens (including phenoxy) is 1. The fraction of sp³-hybridized carbons (Fsp3) is 0.292. The summed E-state index contributed by atoms with van der Waals surface area (Å²) in [5.41, 5.74) is 2.97. The molecule has 1 saturated heterocycles. The highest BCUT2D eigenvalue weighted by atomic mass is 32.1. The summed E-state index contributed by atoms with van der Waals surface area (Å²) in [6.07, 6.45) is 2.40. The lowest BCUT2D eigenvalue weighted by atomic mass is 10.0. The van der Waals surface area contributed by atoms with E-state index < -0.39 is 0 Å². The van der Waals surface area contributed by atoms with Gasteiger partial charge in [0.2, 0.25) is 5.91 Å². The number of rotatable bonds is 8. The number of carbonyl (C=O) groups excluding carboxylic acids is 1. The van der Waals surface area contributed by atoms with Gasteiger partial charge in [-0.1, -0.05) is 54.6 Å². The van der Waals surface area contributed by atoms with E-state index in [0.29, 0.717) is 6.54 Å². The van der Waals surface area contributed by atoms with E-state index in [9.17, 15) is 4.79 Å². The van der Waals surface area contributed by atoms with Crippen molar-refractivity contribution in [3.8, 4) is 11.1 Å². The Bertz CT molecular complexity index is 906. The number of hydrogen-bond donors (Lipinski definition) is 1. The molecule has 2 aromatic carbocycles. The standard InChI is InChI=1S/C24H26N2O2S/c27-24(25-23-13-5-4-12-22(23)19-8-2-1-3-9-19)18-26(16-20-10-6-14-28-20)17-21-11-7-15-29-21/h1-5,7-9,11-13,15,20H,6,10,14,16-18H2,(H,25,27)/t20-/m0/s1. The van der Waals surface area contributed by atoms with E-state index in [1.807, 2.05) is 42.5 Å². The van der Waals surface area contributed by atoms with Gasteiger partial charge in [-0.25, -0.2) is 0 Å². The van der Waals surface area contributed by atoms with Gasteiger partial charge in [-0.2, -0.15) is 0 Å². The molecule has 4 rings (SSSR count). The van der Waals surface area contributed by atoms with E-state index in [0.717, 1.165) is 49.4 Å². The van der Waals surface area contributed by atoms with Crippen molar-refractivity contribution in [3.05, 3.63) is 77.0 Å². The molecule has 5 heteroatoms. The topological polar surface area (TPSA) is 41.6 Å². The maximum Gasteiger partial charge on any atom is 0.238 e.